The van der Waals surface area contributed by atoms with Crippen LogP contribution in [-0.4, -0.2) is 21.9 Å². The Balaban J connectivity index is 2.61. The Morgan fingerprint density at radius 2 is 2.24 bits per heavy atom. The highest BCUT2D eigenvalue weighted by Gasteiger charge is 2.09. The molecule has 0 saturated carbocycles. The van der Waals surface area contributed by atoms with E-state index in [4.69, 9.17) is 16.3 Å². The first-order valence-electron chi connectivity index (χ1n) is 4.58. The number of nitrogens with zero attached hydrogens (tertiary/aromatic N) is 3. The third kappa shape index (κ3) is 2.42. The van der Waals surface area contributed by atoms with E-state index in [9.17, 15) is 4.79 Å². The summed E-state index contributed by atoms with van der Waals surface area (Å²) in [5.74, 6) is 0.776. The molecule has 7 heteroatoms. The molecule has 0 aliphatic heterocycles. The van der Waals surface area contributed by atoms with Crippen LogP contribution in [0, 0.1) is 3.57 Å². The van der Waals surface area contributed by atoms with Gasteiger partial charge in [-0.1, -0.05) is 17.7 Å². The van der Waals surface area contributed by atoms with Crippen molar-refractivity contribution in [3.05, 3.63) is 43.3 Å². The average Bonchev–Trinajstić information content (AvgIpc) is 2.36. The molecule has 2 heterocycles. The van der Waals surface area contributed by atoms with Crippen LogP contribution in [0.2, 0.25) is 5.02 Å². The van der Waals surface area contributed by atoms with E-state index < -0.39 is 5.56 Å². The van der Waals surface area contributed by atoms with Crippen LogP contribution in [0.25, 0.3) is 5.82 Å². The number of halogens is 2. The Bertz CT molecular complexity index is 615. The van der Waals surface area contributed by atoms with Crippen LogP contribution in [0.1, 0.15) is 0 Å². The summed E-state index contributed by atoms with van der Waals surface area (Å²) >= 11 is 7.81. The molecule has 0 fully saturated rings. The third-order valence-electron chi connectivity index (χ3n) is 2.01. The minimum atomic E-state index is -0.403. The lowest BCUT2D eigenvalue weighted by atomic mass is 10.4. The van der Waals surface area contributed by atoms with E-state index in [0.717, 1.165) is 4.68 Å². The smallest absolute Gasteiger partial charge is 0.292 e. The van der Waals surface area contributed by atoms with E-state index in [1.165, 1.54) is 13.3 Å². The number of pyridine rings is 1. The predicted octanol–water partition coefficient (Wildman–Crippen LogP) is 1.89. The number of aromatic nitrogens is 3. The van der Waals surface area contributed by atoms with Crippen molar-refractivity contribution in [1.82, 2.24) is 14.8 Å². The molecule has 0 aliphatic carbocycles. The molecule has 0 unspecified atom stereocenters. The number of hydrogen-bond acceptors (Lipinski definition) is 4. The summed E-state index contributed by atoms with van der Waals surface area (Å²) in [6.07, 6.45) is 1.51. The minimum Gasteiger partial charge on any atom is -0.481 e. The highest BCUT2D eigenvalue weighted by atomic mass is 127. The Morgan fingerprint density at radius 3 is 2.94 bits per heavy atom. The van der Waals surface area contributed by atoms with Gasteiger partial charge in [0.15, 0.2) is 5.82 Å². The van der Waals surface area contributed by atoms with E-state index in [2.05, 4.69) is 10.1 Å². The van der Waals surface area contributed by atoms with Gasteiger partial charge in [0.2, 0.25) is 5.88 Å². The predicted molar refractivity (Wildman–Crippen MR) is 71.9 cm³/mol. The van der Waals surface area contributed by atoms with Crippen molar-refractivity contribution < 1.29 is 4.74 Å². The molecule has 0 spiro atoms. The first-order valence-corrected chi connectivity index (χ1v) is 6.04. The zero-order valence-electron chi connectivity index (χ0n) is 8.72. The van der Waals surface area contributed by atoms with E-state index in [1.54, 1.807) is 18.2 Å². The van der Waals surface area contributed by atoms with Gasteiger partial charge in [0.05, 0.1) is 16.9 Å². The van der Waals surface area contributed by atoms with E-state index in [-0.39, 0.29) is 5.02 Å². The van der Waals surface area contributed by atoms with Gasteiger partial charge in [-0.2, -0.15) is 14.8 Å². The molecular formula is C10H7ClIN3O2. The van der Waals surface area contributed by atoms with E-state index in [0.29, 0.717) is 15.3 Å². The maximum Gasteiger partial charge on any atom is 0.292 e. The minimum absolute atomic E-state index is 0.130. The quantitative estimate of drug-likeness (QED) is 0.765. The van der Waals surface area contributed by atoms with Gasteiger partial charge in [0.25, 0.3) is 5.56 Å². The molecule has 0 saturated heterocycles. The molecule has 0 aliphatic rings. The molecule has 2 aromatic rings. The van der Waals surface area contributed by atoms with Crippen LogP contribution in [0.5, 0.6) is 5.88 Å². The normalized spacial score (nSPS) is 10.3. The van der Waals surface area contributed by atoms with Crippen molar-refractivity contribution in [1.29, 1.82) is 0 Å². The maximum absolute atomic E-state index is 11.9. The first-order chi connectivity index (χ1) is 8.13. The molecule has 0 bridgehead atoms. The fraction of sp³-hybridized carbons (Fsp3) is 0.100. The molecule has 0 atom stereocenters. The van der Waals surface area contributed by atoms with Gasteiger partial charge in [-0.15, -0.1) is 0 Å². The highest BCUT2D eigenvalue weighted by molar-refractivity contribution is 14.1. The lowest BCUT2D eigenvalue weighted by Crippen LogP contribution is -2.23. The topological polar surface area (TPSA) is 57.0 Å². The fourth-order valence-corrected chi connectivity index (χ4v) is 1.70. The maximum atomic E-state index is 11.9. The van der Waals surface area contributed by atoms with Gasteiger partial charge in [0, 0.05) is 6.07 Å². The van der Waals surface area contributed by atoms with Crippen LogP contribution in [-0.2, 0) is 0 Å². The molecule has 17 heavy (non-hydrogen) atoms. The Labute approximate surface area is 116 Å². The zero-order chi connectivity index (χ0) is 12.4. The first kappa shape index (κ1) is 12.3. The highest BCUT2D eigenvalue weighted by Crippen LogP contribution is 2.13. The van der Waals surface area contributed by atoms with Crippen LogP contribution >= 0.6 is 34.2 Å². The number of hydrogen-bond donors (Lipinski definition) is 0. The SMILES string of the molecule is COc1cccc(-n2ncc(I)c(Cl)c2=O)n1. The van der Waals surface area contributed by atoms with Crippen molar-refractivity contribution in [3.8, 4) is 11.7 Å². The Morgan fingerprint density at radius 1 is 1.47 bits per heavy atom. The van der Waals surface area contributed by atoms with Gasteiger partial charge < -0.3 is 4.74 Å². The summed E-state index contributed by atoms with van der Waals surface area (Å²) in [6.45, 7) is 0. The average molecular weight is 364 g/mol. The number of ether oxygens (including phenoxy) is 1. The second-order valence-electron chi connectivity index (χ2n) is 3.06. The van der Waals surface area contributed by atoms with Gasteiger partial charge in [-0.3, -0.25) is 4.79 Å². The van der Waals surface area contributed by atoms with Gasteiger partial charge in [-0.05, 0) is 28.7 Å². The molecule has 5 nitrogen and oxygen atoms in total. The summed E-state index contributed by atoms with van der Waals surface area (Å²) in [7, 11) is 1.50. The Kier molecular flexibility index (Phi) is 3.63. The van der Waals surface area contributed by atoms with Crippen LogP contribution < -0.4 is 10.3 Å². The third-order valence-corrected chi connectivity index (χ3v) is 3.51. The number of methoxy groups -OCH3 is 1. The summed E-state index contributed by atoms with van der Waals surface area (Å²) in [5, 5.41) is 4.11. The number of rotatable bonds is 2. The second kappa shape index (κ2) is 5.01. The summed E-state index contributed by atoms with van der Waals surface area (Å²) in [6, 6.07) is 5.06. The molecule has 0 aromatic carbocycles. The van der Waals surface area contributed by atoms with Gasteiger partial charge in [0.1, 0.15) is 5.02 Å². The van der Waals surface area contributed by atoms with Crippen molar-refractivity contribution in [2.75, 3.05) is 7.11 Å². The largest absolute Gasteiger partial charge is 0.481 e. The molecule has 0 amide bonds. The lowest BCUT2D eigenvalue weighted by molar-refractivity contribution is 0.397. The van der Waals surface area contributed by atoms with Gasteiger partial charge in [-0.25, -0.2) is 0 Å². The fourth-order valence-electron chi connectivity index (χ4n) is 1.21. The Hall–Kier alpha value is -1.15. The van der Waals surface area contributed by atoms with Crippen molar-refractivity contribution >= 4 is 34.2 Å². The van der Waals surface area contributed by atoms with E-state index >= 15 is 0 Å². The van der Waals surface area contributed by atoms with Gasteiger partial charge >= 0.3 is 0 Å². The van der Waals surface area contributed by atoms with E-state index in [1.807, 2.05) is 22.6 Å². The monoisotopic (exact) mass is 363 g/mol. The molecule has 2 aromatic heterocycles. The molecule has 88 valence electrons. The molecule has 0 radical (unpaired) electrons. The zero-order valence-corrected chi connectivity index (χ0v) is 11.6. The molecule has 0 N–H and O–H groups in total. The van der Waals surface area contributed by atoms with Crippen LogP contribution in [0.3, 0.4) is 0 Å². The van der Waals surface area contributed by atoms with Crippen molar-refractivity contribution in [2.45, 2.75) is 0 Å². The van der Waals surface area contributed by atoms with Crippen LogP contribution in [0.4, 0.5) is 0 Å². The molecular weight excluding hydrogens is 356 g/mol. The van der Waals surface area contributed by atoms with Crippen molar-refractivity contribution in [2.24, 2.45) is 0 Å². The summed E-state index contributed by atoms with van der Waals surface area (Å²) in [5.41, 5.74) is -0.403. The molecule has 2 rings (SSSR count). The standard InChI is InChI=1S/C10H7ClIN3O2/c1-17-8-4-2-3-7(14-8)15-10(16)9(11)6(12)5-13-15/h2-5H,1H3. The lowest BCUT2D eigenvalue weighted by Gasteiger charge is -2.05. The summed E-state index contributed by atoms with van der Waals surface area (Å²) < 4.78 is 6.72. The second-order valence-corrected chi connectivity index (χ2v) is 4.60. The van der Waals surface area contributed by atoms with Crippen LogP contribution in [0.15, 0.2) is 29.2 Å². The summed E-state index contributed by atoms with van der Waals surface area (Å²) in [4.78, 5) is 16.0. The van der Waals surface area contributed by atoms with Crippen molar-refractivity contribution in [3.63, 3.8) is 0 Å².